The third-order valence-electron chi connectivity index (χ3n) is 5.27. The van der Waals surface area contributed by atoms with Crippen LogP contribution < -0.4 is 19.6 Å². The molecule has 4 rings (SSSR count). The second-order valence-electron chi connectivity index (χ2n) is 7.78. The molecule has 0 aliphatic carbocycles. The molecule has 0 N–H and O–H groups in total. The number of hydrogen-bond acceptors (Lipinski definition) is 7. The molecule has 0 saturated heterocycles. The Morgan fingerprint density at radius 3 is 2.46 bits per heavy atom. The van der Waals surface area contributed by atoms with Crippen LogP contribution in [0.1, 0.15) is 37.9 Å². The minimum absolute atomic E-state index is 0.221. The highest BCUT2D eigenvalue weighted by Gasteiger charge is 2.30. The first-order valence-electron chi connectivity index (χ1n) is 11.1. The molecule has 1 unspecified atom stereocenters. The van der Waals surface area contributed by atoms with Crippen LogP contribution in [0.25, 0.3) is 12.2 Å². The standard InChI is InChI=1S/C27H24N2O5S/c1-4-33-26(32)24-17(2)28-27-29(22(24)15-12-19-8-6-5-7-9-19)25(31)23(35-27)16-20-10-13-21(14-11-20)34-18(3)30/h5-16,22H,4H2,1-3H3/b15-12-,23-16+. The predicted octanol–water partition coefficient (Wildman–Crippen LogP) is 3.39. The Morgan fingerprint density at radius 1 is 1.09 bits per heavy atom. The van der Waals surface area contributed by atoms with Crippen molar-refractivity contribution < 1.29 is 19.1 Å². The van der Waals surface area contributed by atoms with Crippen molar-refractivity contribution in [3.63, 3.8) is 0 Å². The van der Waals surface area contributed by atoms with Crippen molar-refractivity contribution in [2.75, 3.05) is 6.61 Å². The maximum atomic E-state index is 13.5. The van der Waals surface area contributed by atoms with Gasteiger partial charge in [0.25, 0.3) is 5.56 Å². The third-order valence-corrected chi connectivity index (χ3v) is 6.25. The molecule has 1 aromatic heterocycles. The zero-order valence-corrected chi connectivity index (χ0v) is 20.4. The zero-order chi connectivity index (χ0) is 24.9. The summed E-state index contributed by atoms with van der Waals surface area (Å²) >= 11 is 1.25. The fraction of sp³-hybridized carbons (Fsp3) is 0.185. The van der Waals surface area contributed by atoms with Gasteiger partial charge in [-0.25, -0.2) is 9.79 Å². The van der Waals surface area contributed by atoms with E-state index in [-0.39, 0.29) is 12.2 Å². The lowest BCUT2D eigenvalue weighted by molar-refractivity contribution is -0.139. The lowest BCUT2D eigenvalue weighted by Gasteiger charge is -2.21. The van der Waals surface area contributed by atoms with Gasteiger partial charge in [-0.1, -0.05) is 66.0 Å². The SMILES string of the molecule is CCOC(=O)C1=C(C)N=c2s/c(=C/c3ccc(OC(C)=O)cc3)c(=O)n2C1/C=C\c1ccccc1. The van der Waals surface area contributed by atoms with E-state index < -0.39 is 18.0 Å². The summed E-state index contributed by atoms with van der Waals surface area (Å²) in [6, 6.07) is 15.9. The van der Waals surface area contributed by atoms with Gasteiger partial charge >= 0.3 is 11.9 Å². The van der Waals surface area contributed by atoms with Gasteiger partial charge in [0.1, 0.15) is 5.75 Å². The summed E-state index contributed by atoms with van der Waals surface area (Å²) in [4.78, 5) is 42.5. The van der Waals surface area contributed by atoms with Gasteiger partial charge < -0.3 is 9.47 Å². The normalized spacial score (nSPS) is 15.6. The quantitative estimate of drug-likeness (QED) is 0.392. The Morgan fingerprint density at radius 2 is 1.80 bits per heavy atom. The summed E-state index contributed by atoms with van der Waals surface area (Å²) in [5.74, 6) is -0.467. The van der Waals surface area contributed by atoms with Crippen LogP contribution in [0.4, 0.5) is 0 Å². The summed E-state index contributed by atoms with van der Waals surface area (Å²) in [7, 11) is 0. The first kappa shape index (κ1) is 24.1. The minimum Gasteiger partial charge on any atom is -0.463 e. The molecule has 3 aromatic rings. The summed E-state index contributed by atoms with van der Waals surface area (Å²) in [6.45, 7) is 5.05. The van der Waals surface area contributed by atoms with E-state index in [4.69, 9.17) is 9.47 Å². The van der Waals surface area contributed by atoms with E-state index in [0.717, 1.165) is 11.1 Å². The van der Waals surface area contributed by atoms with Crippen molar-refractivity contribution in [2.45, 2.75) is 26.8 Å². The lowest BCUT2D eigenvalue weighted by Crippen LogP contribution is -2.38. The highest BCUT2D eigenvalue weighted by atomic mass is 32.1. The fourth-order valence-electron chi connectivity index (χ4n) is 3.73. The molecule has 1 aliphatic heterocycles. The molecule has 1 atom stereocenters. The number of thiazole rings is 1. The minimum atomic E-state index is -0.654. The van der Waals surface area contributed by atoms with Crippen molar-refractivity contribution in [3.05, 3.63) is 103 Å². The third kappa shape index (κ3) is 5.38. The van der Waals surface area contributed by atoms with E-state index in [0.29, 0.717) is 26.4 Å². The predicted molar refractivity (Wildman–Crippen MR) is 135 cm³/mol. The maximum absolute atomic E-state index is 13.5. The van der Waals surface area contributed by atoms with Crippen LogP contribution in [0.2, 0.25) is 0 Å². The van der Waals surface area contributed by atoms with Crippen molar-refractivity contribution >= 4 is 35.4 Å². The van der Waals surface area contributed by atoms with Gasteiger partial charge in [-0.15, -0.1) is 0 Å². The number of aromatic nitrogens is 1. The number of rotatable bonds is 6. The molecule has 0 saturated carbocycles. The number of fused-ring (bicyclic) bond motifs is 1. The second kappa shape index (κ2) is 10.5. The highest BCUT2D eigenvalue weighted by Crippen LogP contribution is 2.26. The van der Waals surface area contributed by atoms with Crippen molar-refractivity contribution in [2.24, 2.45) is 4.99 Å². The lowest BCUT2D eigenvalue weighted by atomic mass is 10.0. The van der Waals surface area contributed by atoms with E-state index >= 15 is 0 Å². The monoisotopic (exact) mass is 488 g/mol. The van der Waals surface area contributed by atoms with Crippen LogP contribution in [-0.4, -0.2) is 23.1 Å². The molecule has 178 valence electrons. The fourth-order valence-corrected chi connectivity index (χ4v) is 4.79. The average molecular weight is 489 g/mol. The second-order valence-corrected chi connectivity index (χ2v) is 8.79. The number of hydrogen-bond donors (Lipinski definition) is 0. The van der Waals surface area contributed by atoms with E-state index in [1.165, 1.54) is 22.8 Å². The molecule has 0 amide bonds. The Labute approximate surface area is 206 Å². The molecule has 0 spiro atoms. The van der Waals surface area contributed by atoms with E-state index in [1.54, 1.807) is 44.2 Å². The number of nitrogens with zero attached hydrogens (tertiary/aromatic N) is 2. The van der Waals surface area contributed by atoms with E-state index in [9.17, 15) is 14.4 Å². The first-order chi connectivity index (χ1) is 16.9. The number of carbonyl (C=O) groups is 2. The van der Waals surface area contributed by atoms with Crippen LogP contribution >= 0.6 is 11.3 Å². The number of allylic oxidation sites excluding steroid dienone is 2. The van der Waals surface area contributed by atoms with Crippen LogP contribution in [0.3, 0.4) is 0 Å². The van der Waals surface area contributed by atoms with Gasteiger partial charge in [0, 0.05) is 6.92 Å². The van der Waals surface area contributed by atoms with Crippen molar-refractivity contribution in [3.8, 4) is 5.75 Å². The molecular weight excluding hydrogens is 464 g/mol. The molecule has 2 heterocycles. The Balaban J connectivity index is 1.80. The zero-order valence-electron chi connectivity index (χ0n) is 19.6. The number of carbonyl (C=O) groups excluding carboxylic acids is 2. The Kier molecular flexibility index (Phi) is 7.22. The van der Waals surface area contributed by atoms with Gasteiger partial charge in [0.2, 0.25) is 0 Å². The molecule has 8 heteroatoms. The molecule has 2 aromatic carbocycles. The van der Waals surface area contributed by atoms with Gasteiger partial charge in [-0.05, 0) is 43.2 Å². The molecule has 0 bridgehead atoms. The van der Waals surface area contributed by atoms with E-state index in [1.807, 2.05) is 42.5 Å². The van der Waals surface area contributed by atoms with E-state index in [2.05, 4.69) is 4.99 Å². The Hall–Kier alpha value is -4.04. The first-order valence-corrected chi connectivity index (χ1v) is 11.9. The highest BCUT2D eigenvalue weighted by molar-refractivity contribution is 7.07. The molecule has 35 heavy (non-hydrogen) atoms. The molecule has 0 radical (unpaired) electrons. The summed E-state index contributed by atoms with van der Waals surface area (Å²) in [6.07, 6.45) is 5.46. The van der Waals surface area contributed by atoms with Crippen LogP contribution in [-0.2, 0) is 14.3 Å². The van der Waals surface area contributed by atoms with Gasteiger partial charge in [0.15, 0.2) is 4.80 Å². The van der Waals surface area contributed by atoms with Gasteiger partial charge in [-0.2, -0.15) is 0 Å². The molecular formula is C27H24N2O5S. The van der Waals surface area contributed by atoms with Crippen LogP contribution in [0.5, 0.6) is 5.75 Å². The Bertz CT molecular complexity index is 1500. The van der Waals surface area contributed by atoms with Crippen molar-refractivity contribution in [1.82, 2.24) is 4.57 Å². The van der Waals surface area contributed by atoms with Gasteiger partial charge in [0.05, 0.1) is 28.5 Å². The number of esters is 2. The topological polar surface area (TPSA) is 87.0 Å². The maximum Gasteiger partial charge on any atom is 0.338 e. The number of benzene rings is 2. The summed E-state index contributed by atoms with van der Waals surface area (Å²) in [5, 5.41) is 0. The average Bonchev–Trinajstić information content (AvgIpc) is 3.13. The van der Waals surface area contributed by atoms with Crippen molar-refractivity contribution in [1.29, 1.82) is 0 Å². The van der Waals surface area contributed by atoms with Gasteiger partial charge in [-0.3, -0.25) is 14.2 Å². The summed E-state index contributed by atoms with van der Waals surface area (Å²) < 4.78 is 12.4. The molecule has 1 aliphatic rings. The van der Waals surface area contributed by atoms with Crippen LogP contribution in [0.15, 0.2) is 81.7 Å². The smallest absolute Gasteiger partial charge is 0.338 e. The number of ether oxygens (including phenoxy) is 2. The summed E-state index contributed by atoms with van der Waals surface area (Å²) in [5.41, 5.74) is 2.31. The molecule has 7 nitrogen and oxygen atoms in total. The molecule has 0 fully saturated rings. The largest absolute Gasteiger partial charge is 0.463 e. The van der Waals surface area contributed by atoms with Crippen LogP contribution in [0, 0.1) is 0 Å².